The summed E-state index contributed by atoms with van der Waals surface area (Å²) in [5.74, 6) is 0. The van der Waals surface area contributed by atoms with Crippen LogP contribution in [0.5, 0.6) is 0 Å². The highest BCUT2D eigenvalue weighted by atomic mass is 35.5. The van der Waals surface area contributed by atoms with E-state index in [9.17, 15) is 0 Å². The maximum Gasteiger partial charge on any atom is 0.0547 e. The molecule has 0 amide bonds. The molecule has 19 heavy (non-hydrogen) atoms. The van der Waals surface area contributed by atoms with Gasteiger partial charge in [0.1, 0.15) is 0 Å². The summed E-state index contributed by atoms with van der Waals surface area (Å²) in [7, 11) is 0. The van der Waals surface area contributed by atoms with Gasteiger partial charge < -0.3 is 10.6 Å². The van der Waals surface area contributed by atoms with Crippen LogP contribution < -0.4 is 10.6 Å². The summed E-state index contributed by atoms with van der Waals surface area (Å²) < 4.78 is 0. The van der Waals surface area contributed by atoms with E-state index in [0.717, 1.165) is 25.8 Å². The third-order valence-electron chi connectivity index (χ3n) is 4.42. The van der Waals surface area contributed by atoms with Crippen molar-refractivity contribution in [1.29, 1.82) is 0 Å². The Hall–Kier alpha value is -0.440. The van der Waals surface area contributed by atoms with Gasteiger partial charge in [-0.15, -0.1) is 24.8 Å². The van der Waals surface area contributed by atoms with Gasteiger partial charge in [-0.1, -0.05) is 32.0 Å². The summed E-state index contributed by atoms with van der Waals surface area (Å²) in [5, 5.41) is 0. The van der Waals surface area contributed by atoms with Gasteiger partial charge >= 0.3 is 0 Å². The predicted molar refractivity (Wildman–Crippen MR) is 88.8 cm³/mol. The molecule has 0 bridgehead atoms. The minimum Gasteiger partial charge on any atom is -0.364 e. The number of piperidine rings is 1. The second kappa shape index (κ2) is 7.98. The highest BCUT2D eigenvalue weighted by Crippen LogP contribution is 2.36. The second-order valence-electron chi connectivity index (χ2n) is 5.05. The first kappa shape index (κ1) is 18.6. The zero-order valence-electron chi connectivity index (χ0n) is 11.8. The van der Waals surface area contributed by atoms with Crippen molar-refractivity contribution < 1.29 is 0 Å². The van der Waals surface area contributed by atoms with E-state index in [1.165, 1.54) is 12.1 Å². The summed E-state index contributed by atoms with van der Waals surface area (Å²) in [6.45, 7) is 5.68. The SMILES string of the molecule is CCC1(CC)C(N)CCCN1c1ccccc1.Cl.Cl. The Kier molecular flexibility index (Phi) is 7.80. The Bertz CT molecular complexity index is 352. The van der Waals surface area contributed by atoms with Crippen molar-refractivity contribution in [1.82, 2.24) is 0 Å². The van der Waals surface area contributed by atoms with Crippen molar-refractivity contribution in [2.45, 2.75) is 51.1 Å². The monoisotopic (exact) mass is 304 g/mol. The van der Waals surface area contributed by atoms with E-state index < -0.39 is 0 Å². The molecule has 1 heterocycles. The molecule has 1 fully saturated rings. The Labute approximate surface area is 129 Å². The number of para-hydroxylation sites is 1. The van der Waals surface area contributed by atoms with Crippen molar-refractivity contribution >= 4 is 30.5 Å². The number of nitrogens with two attached hydrogens (primary N) is 1. The molecule has 0 spiro atoms. The van der Waals surface area contributed by atoms with Gasteiger partial charge in [0, 0.05) is 18.3 Å². The number of hydrogen-bond donors (Lipinski definition) is 1. The van der Waals surface area contributed by atoms with Gasteiger partial charge in [0.25, 0.3) is 0 Å². The number of hydrogen-bond acceptors (Lipinski definition) is 2. The number of anilines is 1. The highest BCUT2D eigenvalue weighted by molar-refractivity contribution is 5.85. The van der Waals surface area contributed by atoms with Crippen LogP contribution in [-0.4, -0.2) is 18.1 Å². The van der Waals surface area contributed by atoms with Gasteiger partial charge in [-0.3, -0.25) is 0 Å². The van der Waals surface area contributed by atoms with Gasteiger partial charge in [0.15, 0.2) is 0 Å². The molecule has 1 unspecified atom stereocenters. The van der Waals surface area contributed by atoms with Crippen molar-refractivity contribution in [3.63, 3.8) is 0 Å². The molecule has 110 valence electrons. The summed E-state index contributed by atoms with van der Waals surface area (Å²) >= 11 is 0. The molecular weight excluding hydrogens is 279 g/mol. The topological polar surface area (TPSA) is 29.3 Å². The van der Waals surface area contributed by atoms with E-state index in [0.29, 0.717) is 6.04 Å². The quantitative estimate of drug-likeness (QED) is 0.914. The molecule has 1 aromatic carbocycles. The average Bonchev–Trinajstić information content (AvgIpc) is 2.40. The first-order chi connectivity index (χ1) is 8.24. The zero-order chi connectivity index (χ0) is 12.3. The maximum absolute atomic E-state index is 6.42. The van der Waals surface area contributed by atoms with E-state index in [4.69, 9.17) is 5.73 Å². The van der Waals surface area contributed by atoms with Crippen LogP contribution in [0, 0.1) is 0 Å². The fraction of sp³-hybridized carbons (Fsp3) is 0.600. The minimum atomic E-state index is 0. The first-order valence-electron chi connectivity index (χ1n) is 6.83. The Balaban J connectivity index is 0.00000162. The second-order valence-corrected chi connectivity index (χ2v) is 5.05. The van der Waals surface area contributed by atoms with Gasteiger partial charge in [-0.2, -0.15) is 0 Å². The van der Waals surface area contributed by atoms with Crippen molar-refractivity contribution in [2.75, 3.05) is 11.4 Å². The largest absolute Gasteiger partial charge is 0.364 e. The Morgan fingerprint density at radius 1 is 1.16 bits per heavy atom. The van der Waals surface area contributed by atoms with Gasteiger partial charge in [-0.25, -0.2) is 0 Å². The van der Waals surface area contributed by atoms with E-state index in [1.54, 1.807) is 0 Å². The predicted octanol–water partition coefficient (Wildman–Crippen LogP) is 4.02. The van der Waals surface area contributed by atoms with Gasteiger partial charge in [0.2, 0.25) is 0 Å². The molecule has 0 aliphatic carbocycles. The van der Waals surface area contributed by atoms with Crippen molar-refractivity contribution in [3.05, 3.63) is 30.3 Å². The molecule has 1 atom stereocenters. The summed E-state index contributed by atoms with van der Waals surface area (Å²) in [4.78, 5) is 2.54. The van der Waals surface area contributed by atoms with Crippen LogP contribution >= 0.6 is 24.8 Å². The molecule has 0 aromatic heterocycles. The van der Waals surface area contributed by atoms with E-state index in [1.807, 2.05) is 0 Å². The van der Waals surface area contributed by atoms with Crippen LogP contribution in [0.2, 0.25) is 0 Å². The lowest BCUT2D eigenvalue weighted by Crippen LogP contribution is -2.63. The fourth-order valence-corrected chi connectivity index (χ4v) is 3.31. The highest BCUT2D eigenvalue weighted by Gasteiger charge is 2.41. The molecule has 1 aromatic rings. The molecule has 2 nitrogen and oxygen atoms in total. The average molecular weight is 305 g/mol. The van der Waals surface area contributed by atoms with Crippen LogP contribution in [0.25, 0.3) is 0 Å². The number of halogens is 2. The number of nitrogens with zero attached hydrogens (tertiary/aromatic N) is 1. The summed E-state index contributed by atoms with van der Waals surface area (Å²) in [6, 6.07) is 11.0. The molecule has 0 saturated carbocycles. The molecule has 1 aliphatic rings. The lowest BCUT2D eigenvalue weighted by molar-refractivity contribution is 0.246. The molecule has 0 radical (unpaired) electrons. The third-order valence-corrected chi connectivity index (χ3v) is 4.42. The number of benzene rings is 1. The van der Waals surface area contributed by atoms with Crippen LogP contribution in [0.4, 0.5) is 5.69 Å². The van der Waals surface area contributed by atoms with Gasteiger partial charge in [-0.05, 0) is 37.8 Å². The van der Waals surface area contributed by atoms with Crippen LogP contribution in [0.3, 0.4) is 0 Å². The smallest absolute Gasteiger partial charge is 0.0547 e. The molecule has 4 heteroatoms. The maximum atomic E-state index is 6.42. The summed E-state index contributed by atoms with van der Waals surface area (Å²) in [6.07, 6.45) is 4.61. The zero-order valence-corrected chi connectivity index (χ0v) is 13.5. The first-order valence-corrected chi connectivity index (χ1v) is 6.83. The lowest BCUT2D eigenvalue weighted by atomic mass is 9.77. The standard InChI is InChI=1S/C15H24N2.2ClH/c1-3-15(4-2)14(16)11-8-12-17(15)13-9-6-5-7-10-13;;/h5-7,9-10,14H,3-4,8,11-12,16H2,1-2H3;2*1H. The minimum absolute atomic E-state index is 0. The Morgan fingerprint density at radius 2 is 1.74 bits per heavy atom. The molecule has 1 aliphatic heterocycles. The molecule has 2 rings (SSSR count). The van der Waals surface area contributed by atoms with Crippen LogP contribution in [0.1, 0.15) is 39.5 Å². The fourth-order valence-electron chi connectivity index (χ4n) is 3.31. The third kappa shape index (κ3) is 3.36. The Morgan fingerprint density at radius 3 is 2.26 bits per heavy atom. The van der Waals surface area contributed by atoms with E-state index >= 15 is 0 Å². The van der Waals surface area contributed by atoms with Gasteiger partial charge in [0.05, 0.1) is 5.54 Å². The molecule has 1 saturated heterocycles. The summed E-state index contributed by atoms with van der Waals surface area (Å²) in [5.41, 5.74) is 7.90. The molecule has 2 N–H and O–H groups in total. The van der Waals surface area contributed by atoms with Crippen LogP contribution in [-0.2, 0) is 0 Å². The number of rotatable bonds is 3. The molecular formula is C15H26Cl2N2. The van der Waals surface area contributed by atoms with Crippen molar-refractivity contribution in [3.8, 4) is 0 Å². The van der Waals surface area contributed by atoms with Crippen molar-refractivity contribution in [2.24, 2.45) is 5.73 Å². The normalized spacial score (nSPS) is 21.2. The van der Waals surface area contributed by atoms with E-state index in [2.05, 4.69) is 49.1 Å². The lowest BCUT2D eigenvalue weighted by Gasteiger charge is -2.52. The van der Waals surface area contributed by atoms with E-state index in [-0.39, 0.29) is 30.4 Å². The van der Waals surface area contributed by atoms with Crippen LogP contribution in [0.15, 0.2) is 30.3 Å².